The second-order valence-corrected chi connectivity index (χ2v) is 4.23. The number of hydrogen-bond donors (Lipinski definition) is 1. The van der Waals surface area contributed by atoms with Gasteiger partial charge in [0.25, 0.3) is 0 Å². The molecule has 0 bridgehead atoms. The zero-order valence-electron chi connectivity index (χ0n) is 4.41. The van der Waals surface area contributed by atoms with Crippen molar-refractivity contribution in [3.8, 4) is 0 Å². The van der Waals surface area contributed by atoms with Crippen LogP contribution in [0.15, 0.2) is 16.6 Å². The van der Waals surface area contributed by atoms with Crippen LogP contribution in [0, 0.1) is 2.88 Å². The number of thiophene rings is 1. The zero-order chi connectivity index (χ0) is 6.69. The average Bonchev–Trinajstić information content (AvgIpc) is 2.17. The monoisotopic (exact) mass is 253 g/mol. The second-order valence-electron chi connectivity index (χ2n) is 1.43. The Kier molecular flexibility index (Phi) is 2.47. The fraction of sp³-hybridized carbons (Fsp3) is 0. The molecule has 1 aromatic rings. The van der Waals surface area contributed by atoms with Crippen molar-refractivity contribution in [3.05, 3.63) is 19.9 Å². The van der Waals surface area contributed by atoms with Crippen molar-refractivity contribution >= 4 is 40.1 Å². The summed E-state index contributed by atoms with van der Waals surface area (Å²) in [5.74, 6) is 0. The second kappa shape index (κ2) is 3.17. The smallest absolute Gasteiger partial charge is 0.0742 e. The Hall–Kier alpha value is -0.100. The van der Waals surface area contributed by atoms with Crippen LogP contribution in [0.3, 0.4) is 0 Å². The highest BCUT2D eigenvalue weighted by Crippen LogP contribution is 2.14. The van der Waals surface area contributed by atoms with E-state index in [-0.39, 0.29) is 0 Å². The van der Waals surface area contributed by atoms with Crippen LogP contribution in [0.4, 0.5) is 0 Å². The van der Waals surface area contributed by atoms with Crippen LogP contribution in [0.5, 0.6) is 0 Å². The van der Waals surface area contributed by atoms with Gasteiger partial charge in [-0.25, -0.2) is 0 Å². The zero-order valence-corrected chi connectivity index (χ0v) is 7.39. The summed E-state index contributed by atoms with van der Waals surface area (Å²) in [7, 11) is 0. The molecule has 0 aliphatic carbocycles. The molecule has 1 aromatic heterocycles. The Morgan fingerprint density at radius 3 is 3.00 bits per heavy atom. The lowest BCUT2D eigenvalue weighted by molar-refractivity contribution is 0.322. The van der Waals surface area contributed by atoms with Crippen molar-refractivity contribution in [2.75, 3.05) is 0 Å². The Labute approximate surface area is 70.3 Å². The summed E-state index contributed by atoms with van der Waals surface area (Å²) >= 11 is 3.84. The molecular weight excluding hydrogens is 249 g/mol. The SMILES string of the molecule is ON=Cc1csc(I)c1. The third-order valence-electron chi connectivity index (χ3n) is 0.795. The number of hydrogen-bond acceptors (Lipinski definition) is 3. The summed E-state index contributed by atoms with van der Waals surface area (Å²) in [5.41, 5.74) is 0.951. The fourth-order valence-electron chi connectivity index (χ4n) is 0.458. The third kappa shape index (κ3) is 1.94. The molecule has 0 aliphatic rings. The van der Waals surface area contributed by atoms with E-state index in [0.29, 0.717) is 0 Å². The first kappa shape index (κ1) is 7.01. The molecule has 0 atom stereocenters. The molecule has 0 radical (unpaired) electrons. The van der Waals surface area contributed by atoms with Crippen molar-refractivity contribution < 1.29 is 5.21 Å². The highest BCUT2D eigenvalue weighted by Gasteiger charge is 1.91. The van der Waals surface area contributed by atoms with Crippen LogP contribution in [0.1, 0.15) is 5.56 Å². The molecule has 1 N–H and O–H groups in total. The maximum Gasteiger partial charge on any atom is 0.0742 e. The van der Waals surface area contributed by atoms with E-state index in [2.05, 4.69) is 27.7 Å². The van der Waals surface area contributed by atoms with E-state index >= 15 is 0 Å². The number of halogens is 1. The van der Waals surface area contributed by atoms with E-state index in [1.54, 1.807) is 11.3 Å². The first-order valence-electron chi connectivity index (χ1n) is 2.24. The molecule has 48 valence electrons. The Balaban J connectivity index is 2.85. The van der Waals surface area contributed by atoms with Gasteiger partial charge in [-0.05, 0) is 28.7 Å². The van der Waals surface area contributed by atoms with Crippen LogP contribution >= 0.6 is 33.9 Å². The first-order chi connectivity index (χ1) is 4.33. The number of oxime groups is 1. The summed E-state index contributed by atoms with van der Waals surface area (Å²) in [6.45, 7) is 0. The standard InChI is InChI=1S/C5H4INOS/c6-5-1-4(2-7-8)3-9-5/h1-3,8H. The van der Waals surface area contributed by atoms with Crippen molar-refractivity contribution in [3.63, 3.8) is 0 Å². The van der Waals surface area contributed by atoms with Crippen molar-refractivity contribution in [2.24, 2.45) is 5.16 Å². The predicted octanol–water partition coefficient (Wildman–Crippen LogP) is 2.16. The van der Waals surface area contributed by atoms with Gasteiger partial charge in [-0.15, -0.1) is 11.3 Å². The van der Waals surface area contributed by atoms with Gasteiger partial charge in [0.15, 0.2) is 0 Å². The average molecular weight is 253 g/mol. The summed E-state index contributed by atoms with van der Waals surface area (Å²) < 4.78 is 1.20. The molecule has 2 nitrogen and oxygen atoms in total. The van der Waals surface area contributed by atoms with Gasteiger partial charge in [-0.2, -0.15) is 0 Å². The molecule has 0 saturated carbocycles. The summed E-state index contributed by atoms with van der Waals surface area (Å²) in [5, 5.41) is 12.9. The lowest BCUT2D eigenvalue weighted by atomic mass is 10.4. The summed E-state index contributed by atoms with van der Waals surface area (Å²) in [4.78, 5) is 0. The molecule has 1 heterocycles. The van der Waals surface area contributed by atoms with E-state index in [9.17, 15) is 0 Å². The van der Waals surface area contributed by atoms with Gasteiger partial charge in [-0.1, -0.05) is 5.16 Å². The normalized spacial score (nSPS) is 10.8. The van der Waals surface area contributed by atoms with Gasteiger partial charge in [-0.3, -0.25) is 0 Å². The van der Waals surface area contributed by atoms with E-state index in [4.69, 9.17) is 5.21 Å². The predicted molar refractivity (Wildman–Crippen MR) is 46.4 cm³/mol. The maximum atomic E-state index is 8.10. The molecule has 0 aromatic carbocycles. The molecule has 4 heteroatoms. The van der Waals surface area contributed by atoms with E-state index in [0.717, 1.165) is 5.56 Å². The van der Waals surface area contributed by atoms with E-state index < -0.39 is 0 Å². The topological polar surface area (TPSA) is 32.6 Å². The van der Waals surface area contributed by atoms with Gasteiger partial charge in [0.2, 0.25) is 0 Å². The van der Waals surface area contributed by atoms with Crippen molar-refractivity contribution in [1.29, 1.82) is 0 Å². The van der Waals surface area contributed by atoms with Crippen LogP contribution in [-0.2, 0) is 0 Å². The van der Waals surface area contributed by atoms with E-state index in [1.165, 1.54) is 9.10 Å². The highest BCUT2D eigenvalue weighted by atomic mass is 127. The summed E-state index contributed by atoms with van der Waals surface area (Å²) in [6, 6.07) is 1.95. The highest BCUT2D eigenvalue weighted by molar-refractivity contribution is 14.1. The van der Waals surface area contributed by atoms with Gasteiger partial charge >= 0.3 is 0 Å². The molecule has 9 heavy (non-hydrogen) atoms. The van der Waals surface area contributed by atoms with Gasteiger partial charge in [0.1, 0.15) is 0 Å². The summed E-state index contributed by atoms with van der Waals surface area (Å²) in [6.07, 6.45) is 1.42. The minimum absolute atomic E-state index is 0.951. The first-order valence-corrected chi connectivity index (χ1v) is 4.20. The largest absolute Gasteiger partial charge is 0.411 e. The molecule has 1 rings (SSSR count). The lowest BCUT2D eigenvalue weighted by Gasteiger charge is -1.74. The van der Waals surface area contributed by atoms with Crippen LogP contribution in [0.25, 0.3) is 0 Å². The van der Waals surface area contributed by atoms with Crippen LogP contribution in [-0.4, -0.2) is 11.4 Å². The van der Waals surface area contributed by atoms with Crippen molar-refractivity contribution in [2.45, 2.75) is 0 Å². The molecule has 0 saturated heterocycles. The minimum Gasteiger partial charge on any atom is -0.411 e. The fourth-order valence-corrected chi connectivity index (χ4v) is 1.78. The molecule has 0 aliphatic heterocycles. The lowest BCUT2D eigenvalue weighted by Crippen LogP contribution is -1.71. The van der Waals surface area contributed by atoms with Crippen molar-refractivity contribution in [1.82, 2.24) is 0 Å². The molecular formula is C5H4INOS. The van der Waals surface area contributed by atoms with E-state index in [1.807, 2.05) is 11.4 Å². The van der Waals surface area contributed by atoms with Crippen LogP contribution < -0.4 is 0 Å². The number of rotatable bonds is 1. The Bertz CT molecular complexity index is 220. The number of nitrogens with zero attached hydrogens (tertiary/aromatic N) is 1. The molecule has 0 amide bonds. The van der Waals surface area contributed by atoms with Gasteiger partial charge in [0, 0.05) is 10.9 Å². The molecule has 0 fully saturated rings. The third-order valence-corrected chi connectivity index (χ3v) is 2.60. The molecule has 0 spiro atoms. The maximum absolute atomic E-state index is 8.10. The van der Waals surface area contributed by atoms with Gasteiger partial charge in [0.05, 0.1) is 9.10 Å². The van der Waals surface area contributed by atoms with Crippen LogP contribution in [0.2, 0.25) is 0 Å². The Morgan fingerprint density at radius 1 is 1.78 bits per heavy atom. The van der Waals surface area contributed by atoms with Gasteiger partial charge < -0.3 is 5.21 Å². The molecule has 0 unspecified atom stereocenters. The quantitative estimate of drug-likeness (QED) is 0.353. The minimum atomic E-state index is 0.951. The Morgan fingerprint density at radius 2 is 2.56 bits per heavy atom.